The molecule has 0 saturated carbocycles. The van der Waals surface area contributed by atoms with Crippen LogP contribution < -0.4 is 14.8 Å². The van der Waals surface area contributed by atoms with Gasteiger partial charge in [0.05, 0.1) is 12.2 Å². The molecule has 1 heterocycles. The van der Waals surface area contributed by atoms with Crippen molar-refractivity contribution < 1.29 is 14.2 Å². The third kappa shape index (κ3) is 5.67. The Kier molecular flexibility index (Phi) is 6.78. The first-order valence-electron chi connectivity index (χ1n) is 9.57. The quantitative estimate of drug-likeness (QED) is 0.684. The number of benzene rings is 2. The standard InChI is InChI=1S/C22H29NO3/c1-3-17(2)26-21-7-4-6-19(14-21)23-15-18-9-11-20(12-10-18)25-16-22-8-5-13-24-22/h4,6-7,9-12,14,17,22-23H,3,5,8,13,15-16H2,1-2H3. The summed E-state index contributed by atoms with van der Waals surface area (Å²) < 4.78 is 17.3. The summed E-state index contributed by atoms with van der Waals surface area (Å²) in [5, 5.41) is 3.45. The van der Waals surface area contributed by atoms with E-state index in [0.717, 1.165) is 49.6 Å². The molecule has 0 aliphatic carbocycles. The first-order valence-corrected chi connectivity index (χ1v) is 9.57. The van der Waals surface area contributed by atoms with E-state index in [1.165, 1.54) is 5.56 Å². The second-order valence-corrected chi connectivity index (χ2v) is 6.81. The summed E-state index contributed by atoms with van der Waals surface area (Å²) in [6.45, 7) is 6.48. The van der Waals surface area contributed by atoms with Gasteiger partial charge in [-0.05, 0) is 56.0 Å². The van der Waals surface area contributed by atoms with E-state index in [0.29, 0.717) is 6.61 Å². The molecule has 0 amide bonds. The largest absolute Gasteiger partial charge is 0.491 e. The molecule has 2 aromatic rings. The predicted octanol–water partition coefficient (Wildman–Crippen LogP) is 5.03. The van der Waals surface area contributed by atoms with Crippen molar-refractivity contribution in [3.05, 3.63) is 54.1 Å². The first-order chi connectivity index (χ1) is 12.7. The van der Waals surface area contributed by atoms with Gasteiger partial charge in [-0.3, -0.25) is 0 Å². The van der Waals surface area contributed by atoms with Crippen molar-refractivity contribution in [2.45, 2.75) is 51.9 Å². The van der Waals surface area contributed by atoms with Gasteiger partial charge in [-0.25, -0.2) is 0 Å². The van der Waals surface area contributed by atoms with Crippen LogP contribution in [0.1, 0.15) is 38.7 Å². The summed E-state index contributed by atoms with van der Waals surface area (Å²) in [6, 6.07) is 16.4. The fraction of sp³-hybridized carbons (Fsp3) is 0.455. The van der Waals surface area contributed by atoms with Gasteiger partial charge in [0.2, 0.25) is 0 Å². The zero-order chi connectivity index (χ0) is 18.2. The molecule has 3 rings (SSSR count). The van der Waals surface area contributed by atoms with Crippen LogP contribution >= 0.6 is 0 Å². The number of nitrogens with one attached hydrogen (secondary N) is 1. The van der Waals surface area contributed by atoms with Gasteiger partial charge >= 0.3 is 0 Å². The Labute approximate surface area is 156 Å². The first kappa shape index (κ1) is 18.6. The summed E-state index contributed by atoms with van der Waals surface area (Å²) in [6.07, 6.45) is 3.72. The zero-order valence-electron chi connectivity index (χ0n) is 15.7. The van der Waals surface area contributed by atoms with E-state index in [9.17, 15) is 0 Å². The highest BCUT2D eigenvalue weighted by Gasteiger charge is 2.15. The molecule has 0 bridgehead atoms. The molecule has 2 atom stereocenters. The summed E-state index contributed by atoms with van der Waals surface area (Å²) in [5.74, 6) is 1.80. The van der Waals surface area contributed by atoms with Crippen LogP contribution in [0.25, 0.3) is 0 Å². The van der Waals surface area contributed by atoms with Crippen molar-refractivity contribution in [3.63, 3.8) is 0 Å². The van der Waals surface area contributed by atoms with Gasteiger partial charge in [-0.1, -0.05) is 25.1 Å². The van der Waals surface area contributed by atoms with Crippen molar-refractivity contribution >= 4 is 5.69 Å². The van der Waals surface area contributed by atoms with Crippen molar-refractivity contribution in [1.82, 2.24) is 0 Å². The highest BCUT2D eigenvalue weighted by atomic mass is 16.5. The molecule has 0 aromatic heterocycles. The van der Waals surface area contributed by atoms with Crippen LogP contribution in [0.2, 0.25) is 0 Å². The molecule has 2 unspecified atom stereocenters. The molecule has 140 valence electrons. The molecule has 4 nitrogen and oxygen atoms in total. The summed E-state index contributed by atoms with van der Waals surface area (Å²) in [7, 11) is 0. The molecule has 1 fully saturated rings. The van der Waals surface area contributed by atoms with E-state index in [1.807, 2.05) is 30.3 Å². The smallest absolute Gasteiger partial charge is 0.121 e. The number of ether oxygens (including phenoxy) is 3. The van der Waals surface area contributed by atoms with Crippen LogP contribution in [0.3, 0.4) is 0 Å². The molecule has 1 N–H and O–H groups in total. The van der Waals surface area contributed by atoms with Crippen LogP contribution in [-0.4, -0.2) is 25.4 Å². The normalized spacial score (nSPS) is 17.7. The Morgan fingerprint density at radius 1 is 1.15 bits per heavy atom. The molecule has 1 aliphatic rings. The summed E-state index contributed by atoms with van der Waals surface area (Å²) in [4.78, 5) is 0. The van der Waals surface area contributed by atoms with Crippen LogP contribution in [0.5, 0.6) is 11.5 Å². The van der Waals surface area contributed by atoms with E-state index in [2.05, 4.69) is 37.4 Å². The maximum Gasteiger partial charge on any atom is 0.121 e. The molecular formula is C22H29NO3. The number of hydrogen-bond acceptors (Lipinski definition) is 4. The number of anilines is 1. The molecule has 1 saturated heterocycles. The lowest BCUT2D eigenvalue weighted by Gasteiger charge is -2.14. The lowest BCUT2D eigenvalue weighted by Crippen LogP contribution is -2.16. The Bertz CT molecular complexity index is 665. The van der Waals surface area contributed by atoms with Gasteiger partial charge in [0, 0.05) is 24.9 Å². The van der Waals surface area contributed by atoms with Crippen molar-refractivity contribution in [3.8, 4) is 11.5 Å². The average Bonchev–Trinajstić information content (AvgIpc) is 3.19. The predicted molar refractivity (Wildman–Crippen MR) is 105 cm³/mol. The maximum absolute atomic E-state index is 5.87. The SMILES string of the molecule is CCC(C)Oc1cccc(NCc2ccc(OCC3CCCO3)cc2)c1. The van der Waals surface area contributed by atoms with E-state index >= 15 is 0 Å². The van der Waals surface area contributed by atoms with E-state index < -0.39 is 0 Å². The Hall–Kier alpha value is -2.20. The van der Waals surface area contributed by atoms with Crippen LogP contribution in [0.15, 0.2) is 48.5 Å². The minimum atomic E-state index is 0.229. The van der Waals surface area contributed by atoms with E-state index in [-0.39, 0.29) is 12.2 Å². The maximum atomic E-state index is 5.87. The molecular weight excluding hydrogens is 326 g/mol. The van der Waals surface area contributed by atoms with Gasteiger partial charge in [-0.15, -0.1) is 0 Å². The third-order valence-electron chi connectivity index (χ3n) is 4.63. The van der Waals surface area contributed by atoms with Crippen molar-refractivity contribution in [1.29, 1.82) is 0 Å². The second kappa shape index (κ2) is 9.48. The lowest BCUT2D eigenvalue weighted by atomic mass is 10.2. The van der Waals surface area contributed by atoms with E-state index in [4.69, 9.17) is 14.2 Å². The fourth-order valence-electron chi connectivity index (χ4n) is 2.87. The molecule has 1 aliphatic heterocycles. The van der Waals surface area contributed by atoms with Gasteiger partial charge in [-0.2, -0.15) is 0 Å². The Morgan fingerprint density at radius 3 is 2.73 bits per heavy atom. The minimum Gasteiger partial charge on any atom is -0.491 e. The van der Waals surface area contributed by atoms with Gasteiger partial charge in [0.15, 0.2) is 0 Å². The minimum absolute atomic E-state index is 0.229. The fourth-order valence-corrected chi connectivity index (χ4v) is 2.87. The van der Waals surface area contributed by atoms with Crippen LogP contribution in [0.4, 0.5) is 5.69 Å². The highest BCUT2D eigenvalue weighted by Crippen LogP contribution is 2.21. The molecule has 26 heavy (non-hydrogen) atoms. The summed E-state index contributed by atoms with van der Waals surface area (Å²) >= 11 is 0. The third-order valence-corrected chi connectivity index (χ3v) is 4.63. The number of rotatable bonds is 9. The van der Waals surface area contributed by atoms with Crippen molar-refractivity contribution in [2.24, 2.45) is 0 Å². The monoisotopic (exact) mass is 355 g/mol. The molecule has 2 aromatic carbocycles. The Balaban J connectivity index is 1.47. The average molecular weight is 355 g/mol. The second-order valence-electron chi connectivity index (χ2n) is 6.81. The number of hydrogen-bond donors (Lipinski definition) is 1. The highest BCUT2D eigenvalue weighted by molar-refractivity contribution is 5.48. The van der Waals surface area contributed by atoms with Crippen molar-refractivity contribution in [2.75, 3.05) is 18.5 Å². The van der Waals surface area contributed by atoms with Gasteiger partial charge < -0.3 is 19.5 Å². The molecule has 4 heteroatoms. The molecule has 0 spiro atoms. The lowest BCUT2D eigenvalue weighted by molar-refractivity contribution is 0.0679. The Morgan fingerprint density at radius 2 is 2.00 bits per heavy atom. The van der Waals surface area contributed by atoms with Crippen LogP contribution in [0, 0.1) is 0 Å². The van der Waals surface area contributed by atoms with Gasteiger partial charge in [0.25, 0.3) is 0 Å². The zero-order valence-corrected chi connectivity index (χ0v) is 15.7. The van der Waals surface area contributed by atoms with Gasteiger partial charge in [0.1, 0.15) is 18.1 Å². The van der Waals surface area contributed by atoms with Crippen LogP contribution in [-0.2, 0) is 11.3 Å². The topological polar surface area (TPSA) is 39.7 Å². The van der Waals surface area contributed by atoms with E-state index in [1.54, 1.807) is 0 Å². The summed E-state index contributed by atoms with van der Waals surface area (Å²) in [5.41, 5.74) is 2.27. The molecule has 0 radical (unpaired) electrons.